The summed E-state index contributed by atoms with van der Waals surface area (Å²) in [5.74, 6) is 0.387. The van der Waals surface area contributed by atoms with Gasteiger partial charge in [0.05, 0.1) is 12.2 Å². The summed E-state index contributed by atoms with van der Waals surface area (Å²) in [4.78, 5) is 26.0. The van der Waals surface area contributed by atoms with Gasteiger partial charge in [-0.25, -0.2) is 4.79 Å². The Kier molecular flexibility index (Phi) is 8.23. The van der Waals surface area contributed by atoms with Gasteiger partial charge in [-0.1, -0.05) is 41.0 Å². The van der Waals surface area contributed by atoms with Gasteiger partial charge in [0, 0.05) is 11.3 Å². The number of carbonyl (C=O) groups excluding carboxylic acids is 2. The van der Waals surface area contributed by atoms with E-state index in [0.29, 0.717) is 29.5 Å². The van der Waals surface area contributed by atoms with E-state index in [4.69, 9.17) is 17.0 Å². The van der Waals surface area contributed by atoms with Gasteiger partial charge < -0.3 is 15.4 Å². The largest absolute Gasteiger partial charge is 0.462 e. The van der Waals surface area contributed by atoms with Gasteiger partial charge in [0.15, 0.2) is 5.11 Å². The lowest BCUT2D eigenvalue weighted by atomic mass is 9.69. The molecular weight excluding hydrogens is 404 g/mol. The van der Waals surface area contributed by atoms with Gasteiger partial charge in [-0.15, -0.1) is 11.3 Å². The Morgan fingerprint density at radius 1 is 1.31 bits per heavy atom. The molecule has 1 amide bonds. The van der Waals surface area contributed by atoms with E-state index in [2.05, 4.69) is 31.4 Å². The molecule has 0 aliphatic heterocycles. The number of rotatable bonds is 7. The number of esters is 1. The quantitative estimate of drug-likeness (QED) is 0.445. The van der Waals surface area contributed by atoms with Crippen molar-refractivity contribution in [2.75, 3.05) is 11.9 Å². The smallest absolute Gasteiger partial charge is 0.341 e. The van der Waals surface area contributed by atoms with E-state index in [1.165, 1.54) is 4.88 Å². The third-order valence-electron chi connectivity index (χ3n) is 5.83. The molecule has 29 heavy (non-hydrogen) atoms. The standard InChI is InChI=1S/C22H34N2O3S2/c1-7-22(5,6)14-9-10-15-16(12-14)29-19(18(15)20(26)27-8-2)24-21(28)23-17(25)11-13(3)4/h13-14H,7-12H2,1-6H3,(H2,23,24,25,28). The highest BCUT2D eigenvalue weighted by molar-refractivity contribution is 7.80. The third-order valence-corrected chi connectivity index (χ3v) is 7.21. The molecule has 2 N–H and O–H groups in total. The predicted octanol–water partition coefficient (Wildman–Crippen LogP) is 5.33. The van der Waals surface area contributed by atoms with Crippen LogP contribution in [0.5, 0.6) is 0 Å². The fourth-order valence-electron chi connectivity index (χ4n) is 3.73. The van der Waals surface area contributed by atoms with E-state index in [-0.39, 0.29) is 28.3 Å². The molecule has 0 saturated heterocycles. The molecule has 1 unspecified atom stereocenters. The average molecular weight is 439 g/mol. The van der Waals surface area contributed by atoms with E-state index < -0.39 is 0 Å². The number of amides is 1. The molecule has 162 valence electrons. The number of nitrogens with one attached hydrogen (secondary N) is 2. The number of thiocarbonyl (C=S) groups is 1. The summed E-state index contributed by atoms with van der Waals surface area (Å²) in [6, 6.07) is 0. The van der Waals surface area contributed by atoms with Gasteiger partial charge in [-0.3, -0.25) is 4.79 Å². The fraction of sp³-hybridized carbons (Fsp3) is 0.682. The van der Waals surface area contributed by atoms with Gasteiger partial charge in [0.1, 0.15) is 5.00 Å². The van der Waals surface area contributed by atoms with Crippen molar-refractivity contribution >= 4 is 45.5 Å². The van der Waals surface area contributed by atoms with Crippen LogP contribution in [0.3, 0.4) is 0 Å². The zero-order chi connectivity index (χ0) is 21.8. The van der Waals surface area contributed by atoms with Crippen LogP contribution < -0.4 is 10.6 Å². The van der Waals surface area contributed by atoms with Crippen LogP contribution in [0.2, 0.25) is 0 Å². The van der Waals surface area contributed by atoms with Crippen LogP contribution in [0.4, 0.5) is 5.00 Å². The van der Waals surface area contributed by atoms with E-state index in [1.807, 2.05) is 13.8 Å². The van der Waals surface area contributed by atoms with Gasteiger partial charge in [-0.05, 0) is 61.2 Å². The van der Waals surface area contributed by atoms with Gasteiger partial charge in [0.25, 0.3) is 0 Å². The summed E-state index contributed by atoms with van der Waals surface area (Å²) in [6.07, 6.45) is 4.41. The number of fused-ring (bicyclic) bond motifs is 1. The normalized spacial score (nSPS) is 16.3. The molecular formula is C22H34N2O3S2. The molecule has 1 aliphatic rings. The van der Waals surface area contributed by atoms with Crippen molar-refractivity contribution in [3.8, 4) is 0 Å². The molecule has 0 fully saturated rings. The number of anilines is 1. The second-order valence-corrected chi connectivity index (χ2v) is 10.3. The molecule has 0 radical (unpaired) electrons. The van der Waals surface area contributed by atoms with Crippen molar-refractivity contribution in [2.45, 2.75) is 73.6 Å². The monoisotopic (exact) mass is 438 g/mol. The average Bonchev–Trinajstić information content (AvgIpc) is 2.97. The van der Waals surface area contributed by atoms with Gasteiger partial charge in [-0.2, -0.15) is 0 Å². The summed E-state index contributed by atoms with van der Waals surface area (Å²) in [5.41, 5.74) is 1.93. The zero-order valence-corrected chi connectivity index (χ0v) is 20.1. The van der Waals surface area contributed by atoms with Crippen LogP contribution in [0.25, 0.3) is 0 Å². The van der Waals surface area contributed by atoms with Crippen molar-refractivity contribution in [3.05, 3.63) is 16.0 Å². The molecule has 0 bridgehead atoms. The lowest BCUT2D eigenvalue weighted by molar-refractivity contribution is -0.120. The van der Waals surface area contributed by atoms with Crippen LogP contribution in [0.15, 0.2) is 0 Å². The van der Waals surface area contributed by atoms with Gasteiger partial charge in [0.2, 0.25) is 5.91 Å². The maximum absolute atomic E-state index is 12.7. The highest BCUT2D eigenvalue weighted by atomic mass is 32.1. The first kappa shape index (κ1) is 23.8. The molecule has 1 atom stereocenters. The van der Waals surface area contributed by atoms with Gasteiger partial charge >= 0.3 is 5.97 Å². The molecule has 0 saturated carbocycles. The van der Waals surface area contributed by atoms with Crippen LogP contribution >= 0.6 is 23.6 Å². The van der Waals surface area contributed by atoms with E-state index in [1.54, 1.807) is 18.3 Å². The molecule has 1 aromatic rings. The topological polar surface area (TPSA) is 67.4 Å². The Labute approximate surface area is 184 Å². The van der Waals surface area contributed by atoms with Crippen molar-refractivity contribution in [2.24, 2.45) is 17.3 Å². The highest BCUT2D eigenvalue weighted by Gasteiger charge is 2.35. The lowest BCUT2D eigenvalue weighted by Gasteiger charge is -2.36. The van der Waals surface area contributed by atoms with Crippen LogP contribution in [0.1, 0.15) is 81.6 Å². The lowest BCUT2D eigenvalue weighted by Crippen LogP contribution is -2.34. The van der Waals surface area contributed by atoms with Crippen LogP contribution in [-0.2, 0) is 22.4 Å². The molecule has 7 heteroatoms. The molecule has 0 aromatic carbocycles. The zero-order valence-electron chi connectivity index (χ0n) is 18.4. The molecule has 2 rings (SSSR count). The highest BCUT2D eigenvalue weighted by Crippen LogP contribution is 2.45. The molecule has 0 spiro atoms. The minimum atomic E-state index is -0.322. The summed E-state index contributed by atoms with van der Waals surface area (Å²) >= 11 is 6.89. The van der Waals surface area contributed by atoms with Crippen molar-refractivity contribution in [3.63, 3.8) is 0 Å². The summed E-state index contributed by atoms with van der Waals surface area (Å²) in [5, 5.41) is 6.72. The molecule has 1 heterocycles. The van der Waals surface area contributed by atoms with Crippen LogP contribution in [0, 0.1) is 17.3 Å². The minimum Gasteiger partial charge on any atom is -0.462 e. The number of hydrogen-bond donors (Lipinski definition) is 2. The number of carbonyl (C=O) groups is 2. The summed E-state index contributed by atoms with van der Waals surface area (Å²) in [6.45, 7) is 13.0. The second-order valence-electron chi connectivity index (χ2n) is 8.81. The van der Waals surface area contributed by atoms with E-state index >= 15 is 0 Å². The first-order valence-corrected chi connectivity index (χ1v) is 11.7. The number of hydrogen-bond acceptors (Lipinski definition) is 5. The summed E-state index contributed by atoms with van der Waals surface area (Å²) < 4.78 is 5.32. The SMILES string of the molecule is CCOC(=O)c1c(NC(=S)NC(=O)CC(C)C)sc2c1CCC(C(C)(C)CC)C2. The molecule has 1 aliphatic carbocycles. The first-order valence-electron chi connectivity index (χ1n) is 10.5. The number of ether oxygens (including phenoxy) is 1. The Morgan fingerprint density at radius 2 is 2.00 bits per heavy atom. The third kappa shape index (κ3) is 6.01. The Hall–Kier alpha value is -1.47. The minimum absolute atomic E-state index is 0.124. The molecule has 1 aromatic heterocycles. The van der Waals surface area contributed by atoms with Crippen molar-refractivity contribution in [1.29, 1.82) is 0 Å². The maximum Gasteiger partial charge on any atom is 0.341 e. The summed E-state index contributed by atoms with van der Waals surface area (Å²) in [7, 11) is 0. The fourth-order valence-corrected chi connectivity index (χ4v) is 5.33. The van der Waals surface area contributed by atoms with E-state index in [0.717, 1.165) is 31.2 Å². The Balaban J connectivity index is 2.27. The van der Waals surface area contributed by atoms with Crippen LogP contribution in [-0.4, -0.2) is 23.6 Å². The second kappa shape index (κ2) is 10.0. The molecule has 5 nitrogen and oxygen atoms in total. The van der Waals surface area contributed by atoms with E-state index in [9.17, 15) is 9.59 Å². The first-order chi connectivity index (χ1) is 13.6. The number of thiophene rings is 1. The Bertz CT molecular complexity index is 768. The van der Waals surface area contributed by atoms with Crippen molar-refractivity contribution < 1.29 is 14.3 Å². The Morgan fingerprint density at radius 3 is 2.59 bits per heavy atom. The van der Waals surface area contributed by atoms with Crippen molar-refractivity contribution in [1.82, 2.24) is 5.32 Å². The maximum atomic E-state index is 12.7. The predicted molar refractivity (Wildman–Crippen MR) is 124 cm³/mol.